The van der Waals surface area contributed by atoms with Gasteiger partial charge in [-0.3, -0.25) is 9.97 Å². The number of hydrogen-bond acceptors (Lipinski definition) is 3. The third-order valence-electron chi connectivity index (χ3n) is 2.81. The highest BCUT2D eigenvalue weighted by Crippen LogP contribution is 2.41. The van der Waals surface area contributed by atoms with E-state index in [9.17, 15) is 5.11 Å². The fourth-order valence-electron chi connectivity index (χ4n) is 1.70. The zero-order chi connectivity index (χ0) is 14.0. The molecule has 1 N–H and O–H groups in total. The fourth-order valence-corrected chi connectivity index (χ4v) is 2.58. The topological polar surface area (TPSA) is 46.0 Å². The highest BCUT2D eigenvalue weighted by Gasteiger charge is 2.36. The first kappa shape index (κ1) is 14.5. The van der Waals surface area contributed by atoms with E-state index in [2.05, 4.69) is 9.97 Å². The molecule has 0 aliphatic heterocycles. The van der Waals surface area contributed by atoms with Crippen LogP contribution in [0.1, 0.15) is 23.6 Å². The second kappa shape index (κ2) is 5.63. The van der Waals surface area contributed by atoms with Gasteiger partial charge in [0.1, 0.15) is 5.60 Å². The predicted molar refractivity (Wildman–Crippen MR) is 76.7 cm³/mol. The van der Waals surface area contributed by atoms with Crippen LogP contribution in [0.3, 0.4) is 0 Å². The number of aromatic nitrogens is 2. The van der Waals surface area contributed by atoms with Crippen molar-refractivity contribution in [3.63, 3.8) is 0 Å². The van der Waals surface area contributed by atoms with Crippen molar-refractivity contribution >= 4 is 34.8 Å². The number of benzene rings is 1. The van der Waals surface area contributed by atoms with Crippen molar-refractivity contribution in [3.8, 4) is 0 Å². The van der Waals surface area contributed by atoms with Crippen LogP contribution in [0, 0.1) is 0 Å². The Morgan fingerprint density at radius 3 is 2.58 bits per heavy atom. The largest absolute Gasteiger partial charge is 0.382 e. The molecule has 6 heteroatoms. The average Bonchev–Trinajstić information content (AvgIpc) is 2.39. The van der Waals surface area contributed by atoms with Crippen LogP contribution in [-0.4, -0.2) is 15.1 Å². The van der Waals surface area contributed by atoms with Crippen LogP contribution in [0.4, 0.5) is 0 Å². The monoisotopic (exact) mass is 316 g/mol. The number of alkyl halides is 1. The zero-order valence-corrected chi connectivity index (χ0v) is 12.3. The minimum atomic E-state index is -1.40. The fraction of sp³-hybridized carbons (Fsp3) is 0.231. The summed E-state index contributed by atoms with van der Waals surface area (Å²) in [6.45, 7) is 1.57. The van der Waals surface area contributed by atoms with Crippen LogP contribution in [-0.2, 0) is 5.60 Å². The molecule has 0 bridgehead atoms. The summed E-state index contributed by atoms with van der Waals surface area (Å²) in [5, 5.41) is 10.7. The lowest BCUT2D eigenvalue weighted by Crippen LogP contribution is -2.28. The van der Waals surface area contributed by atoms with Gasteiger partial charge >= 0.3 is 0 Å². The molecule has 0 fully saturated rings. The first-order valence-corrected chi connectivity index (χ1v) is 6.70. The molecule has 0 saturated heterocycles. The molecule has 0 radical (unpaired) electrons. The van der Waals surface area contributed by atoms with Gasteiger partial charge in [0.05, 0.1) is 17.3 Å². The molecule has 1 aromatic heterocycles. The Kier molecular flexibility index (Phi) is 4.31. The van der Waals surface area contributed by atoms with Crippen molar-refractivity contribution in [1.82, 2.24) is 9.97 Å². The van der Waals surface area contributed by atoms with Crippen LogP contribution in [0.25, 0.3) is 0 Å². The Bertz CT molecular complexity index is 575. The summed E-state index contributed by atoms with van der Waals surface area (Å²) in [7, 11) is 0. The molecule has 3 nitrogen and oxygen atoms in total. The number of rotatable bonds is 3. The summed E-state index contributed by atoms with van der Waals surface area (Å²) in [6.07, 6.45) is 4.49. The second-order valence-corrected chi connectivity index (χ2v) is 5.55. The maximum Gasteiger partial charge on any atom is 0.126 e. The molecule has 100 valence electrons. The van der Waals surface area contributed by atoms with E-state index >= 15 is 0 Å². The van der Waals surface area contributed by atoms with Crippen molar-refractivity contribution in [2.45, 2.75) is 17.9 Å². The summed E-state index contributed by atoms with van der Waals surface area (Å²) < 4.78 is 0. The smallest absolute Gasteiger partial charge is 0.126 e. The molecule has 0 spiro atoms. The number of aliphatic hydroxyl groups is 1. The maximum absolute atomic E-state index is 10.6. The van der Waals surface area contributed by atoms with E-state index < -0.39 is 11.0 Å². The lowest BCUT2D eigenvalue weighted by Gasteiger charge is -2.28. The van der Waals surface area contributed by atoms with Gasteiger partial charge in [-0.05, 0) is 24.6 Å². The van der Waals surface area contributed by atoms with Crippen LogP contribution in [0.2, 0.25) is 10.0 Å². The van der Waals surface area contributed by atoms with Crippen molar-refractivity contribution in [3.05, 3.63) is 58.1 Å². The van der Waals surface area contributed by atoms with Crippen LogP contribution in [0.5, 0.6) is 0 Å². The molecule has 0 amide bonds. The SMILES string of the molecule is CC(O)(c1cnccn1)C(Cl)c1ccc(Cl)cc1Cl. The van der Waals surface area contributed by atoms with Gasteiger partial charge in [0.25, 0.3) is 0 Å². The molecule has 1 aromatic carbocycles. The lowest BCUT2D eigenvalue weighted by atomic mass is 9.93. The van der Waals surface area contributed by atoms with Gasteiger partial charge in [0.2, 0.25) is 0 Å². The standard InChI is InChI=1S/C13H11Cl3N2O/c1-13(19,11-7-17-4-5-18-11)12(16)9-3-2-8(14)6-10(9)15/h2-7,12,19H,1H3. The summed E-state index contributed by atoms with van der Waals surface area (Å²) in [4.78, 5) is 8.01. The van der Waals surface area contributed by atoms with E-state index in [1.165, 1.54) is 18.6 Å². The summed E-state index contributed by atoms with van der Waals surface area (Å²) >= 11 is 18.3. The number of hydrogen-bond donors (Lipinski definition) is 1. The van der Waals surface area contributed by atoms with Crippen LogP contribution in [0.15, 0.2) is 36.8 Å². The molecule has 1 heterocycles. The Morgan fingerprint density at radius 1 is 1.26 bits per heavy atom. The van der Waals surface area contributed by atoms with Crippen molar-refractivity contribution < 1.29 is 5.11 Å². The van der Waals surface area contributed by atoms with Crippen molar-refractivity contribution in [1.29, 1.82) is 0 Å². The van der Waals surface area contributed by atoms with Gasteiger partial charge in [-0.25, -0.2) is 0 Å². The molecule has 19 heavy (non-hydrogen) atoms. The molecule has 2 atom stereocenters. The minimum absolute atomic E-state index is 0.376. The molecule has 2 rings (SSSR count). The molecule has 2 aromatic rings. The van der Waals surface area contributed by atoms with Gasteiger partial charge in [-0.15, -0.1) is 11.6 Å². The van der Waals surface area contributed by atoms with Crippen molar-refractivity contribution in [2.24, 2.45) is 0 Å². The second-order valence-electron chi connectivity index (χ2n) is 4.27. The first-order valence-electron chi connectivity index (χ1n) is 5.51. The molecule has 2 unspecified atom stereocenters. The Balaban J connectivity index is 2.40. The van der Waals surface area contributed by atoms with Gasteiger partial charge in [-0.2, -0.15) is 0 Å². The third-order valence-corrected chi connectivity index (χ3v) is 4.03. The van der Waals surface area contributed by atoms with Crippen LogP contribution < -0.4 is 0 Å². The predicted octanol–water partition coefficient (Wildman–Crippen LogP) is 3.97. The van der Waals surface area contributed by atoms with Gasteiger partial charge in [0, 0.05) is 22.4 Å². The molecular weight excluding hydrogens is 307 g/mol. The molecular formula is C13H11Cl3N2O. The van der Waals surface area contributed by atoms with E-state index in [1.807, 2.05) is 0 Å². The van der Waals surface area contributed by atoms with Gasteiger partial charge < -0.3 is 5.11 Å². The number of nitrogens with zero attached hydrogens (tertiary/aromatic N) is 2. The van der Waals surface area contributed by atoms with E-state index in [0.29, 0.717) is 21.3 Å². The van der Waals surface area contributed by atoms with Gasteiger partial charge in [-0.1, -0.05) is 29.3 Å². The van der Waals surface area contributed by atoms with Crippen molar-refractivity contribution in [2.75, 3.05) is 0 Å². The normalized spacial score (nSPS) is 15.8. The Hall–Kier alpha value is -0.870. The first-order chi connectivity index (χ1) is 8.93. The minimum Gasteiger partial charge on any atom is -0.382 e. The Labute approximate surface area is 126 Å². The Morgan fingerprint density at radius 2 is 2.00 bits per heavy atom. The molecule has 0 saturated carbocycles. The highest BCUT2D eigenvalue weighted by molar-refractivity contribution is 6.36. The summed E-state index contributed by atoms with van der Waals surface area (Å²) in [5.74, 6) is 0. The third kappa shape index (κ3) is 3.00. The van der Waals surface area contributed by atoms with E-state index in [1.54, 1.807) is 25.1 Å². The average molecular weight is 318 g/mol. The van der Waals surface area contributed by atoms with E-state index in [-0.39, 0.29) is 0 Å². The van der Waals surface area contributed by atoms with E-state index in [4.69, 9.17) is 34.8 Å². The molecule has 0 aliphatic carbocycles. The highest BCUT2D eigenvalue weighted by atomic mass is 35.5. The zero-order valence-electron chi connectivity index (χ0n) is 10.0. The summed E-state index contributed by atoms with van der Waals surface area (Å²) in [5.41, 5.74) is -0.433. The quantitative estimate of drug-likeness (QED) is 0.871. The number of halogens is 3. The van der Waals surface area contributed by atoms with E-state index in [0.717, 1.165) is 0 Å². The van der Waals surface area contributed by atoms with Crippen LogP contribution >= 0.6 is 34.8 Å². The summed E-state index contributed by atoms with van der Waals surface area (Å²) in [6, 6.07) is 4.94. The maximum atomic E-state index is 10.6. The molecule has 0 aliphatic rings. The van der Waals surface area contributed by atoms with Gasteiger partial charge in [0.15, 0.2) is 0 Å². The lowest BCUT2D eigenvalue weighted by molar-refractivity contribution is 0.0470.